The SMILES string of the molecule is [2H]c1c([2H])c([2H])c(-c2cccc(-c3cc(C(C)(C)C)cc(C(C)(C)C)c3)c2-[n+]2[c-]n(-c3cccc(Oc4cc(-n5c6c([2H])c([2H])c([2H])c([2H])c6c6c([2H])c([2H])c([2H])c([2H])c65)c5c6ccccc6n(-c6cc(C([2H])([2H])C(C)(C)c7ccccc7)ccn6)c5c4)c3)c3ccccc32)c([2H])c1[2H]. The Balaban J connectivity index is 1.02. The molecular formula is C78H67N5O. The van der Waals surface area contributed by atoms with Gasteiger partial charge in [0.1, 0.15) is 17.3 Å². The van der Waals surface area contributed by atoms with Gasteiger partial charge >= 0.3 is 0 Å². The highest BCUT2D eigenvalue weighted by molar-refractivity contribution is 6.16. The van der Waals surface area contributed by atoms with Crippen LogP contribution in [0.15, 0.2) is 249 Å². The van der Waals surface area contributed by atoms with Gasteiger partial charge in [-0.1, -0.05) is 237 Å². The summed E-state index contributed by atoms with van der Waals surface area (Å²) in [4.78, 5) is 4.93. The van der Waals surface area contributed by atoms with Crippen LogP contribution in [0, 0.1) is 6.33 Å². The van der Waals surface area contributed by atoms with Crippen LogP contribution in [0.25, 0.3) is 99.8 Å². The number of hydrogen-bond donors (Lipinski definition) is 0. The van der Waals surface area contributed by atoms with Crippen molar-refractivity contribution in [3.63, 3.8) is 0 Å². The number of pyridine rings is 1. The van der Waals surface area contributed by atoms with Crippen molar-refractivity contribution >= 4 is 54.6 Å². The van der Waals surface area contributed by atoms with Gasteiger partial charge in [-0.25, -0.2) is 4.98 Å². The number of nitrogens with zero attached hydrogens (tertiary/aromatic N) is 5. The van der Waals surface area contributed by atoms with E-state index < -0.39 is 78.3 Å². The molecule has 0 fully saturated rings. The Kier molecular flexibility index (Phi) is 9.19. The van der Waals surface area contributed by atoms with Crippen molar-refractivity contribution in [3.05, 3.63) is 277 Å². The number of rotatable bonds is 11. The van der Waals surface area contributed by atoms with E-state index in [-0.39, 0.29) is 61.7 Å². The van der Waals surface area contributed by atoms with Gasteiger partial charge in [-0.2, -0.15) is 0 Å². The molecule has 0 saturated carbocycles. The number of para-hydroxylation sites is 6. The minimum absolute atomic E-state index is 0.0161. The van der Waals surface area contributed by atoms with Crippen molar-refractivity contribution in [2.75, 3.05) is 0 Å². The molecule has 0 aliphatic heterocycles. The molecule has 6 heteroatoms. The fourth-order valence-electron chi connectivity index (χ4n) is 11.6. The molecule has 14 aromatic rings. The molecule has 10 aromatic carbocycles. The number of ether oxygens (including phenoxy) is 1. The summed E-state index contributed by atoms with van der Waals surface area (Å²) in [6, 6.07) is 44.3. The van der Waals surface area contributed by atoms with Gasteiger partial charge in [0, 0.05) is 42.6 Å². The average Bonchev–Trinajstić information content (AvgIpc) is 1.54. The van der Waals surface area contributed by atoms with E-state index in [9.17, 15) is 11.0 Å². The quantitative estimate of drug-likeness (QED) is 0.0957. The summed E-state index contributed by atoms with van der Waals surface area (Å²) in [6.45, 7) is 16.7. The van der Waals surface area contributed by atoms with Crippen molar-refractivity contribution in [3.8, 4) is 56.6 Å². The lowest BCUT2D eigenvalue weighted by Crippen LogP contribution is -2.31. The highest BCUT2D eigenvalue weighted by Gasteiger charge is 2.27. The molecule has 0 atom stereocenters. The Morgan fingerprint density at radius 3 is 1.85 bits per heavy atom. The molecule has 84 heavy (non-hydrogen) atoms. The Labute approximate surface area is 513 Å². The molecule has 0 bridgehead atoms. The smallest absolute Gasteiger partial charge is 0.269 e. The topological polar surface area (TPSA) is 40.8 Å². The van der Waals surface area contributed by atoms with E-state index in [2.05, 4.69) is 66.1 Å². The second-order valence-corrected chi connectivity index (χ2v) is 23.9. The van der Waals surface area contributed by atoms with Crippen molar-refractivity contribution in [2.24, 2.45) is 0 Å². The fourth-order valence-corrected chi connectivity index (χ4v) is 11.6. The zero-order valence-corrected chi connectivity index (χ0v) is 47.8. The molecule has 0 aliphatic rings. The van der Waals surface area contributed by atoms with Crippen LogP contribution in [0.2, 0.25) is 0 Å². The van der Waals surface area contributed by atoms with Gasteiger partial charge < -0.3 is 9.30 Å². The van der Waals surface area contributed by atoms with Crippen LogP contribution < -0.4 is 9.30 Å². The number of fused-ring (bicyclic) bond motifs is 7. The van der Waals surface area contributed by atoms with Gasteiger partial charge in [0.2, 0.25) is 0 Å². The van der Waals surface area contributed by atoms with Gasteiger partial charge in [0.05, 0.1) is 68.0 Å². The monoisotopic (exact) mass is 1100 g/mol. The van der Waals surface area contributed by atoms with E-state index in [1.807, 2.05) is 137 Å². The zero-order chi connectivity index (χ0) is 70.6. The van der Waals surface area contributed by atoms with Crippen LogP contribution in [0.3, 0.4) is 0 Å². The standard InChI is InChI=1S/C78H67N5O/c1-76(2,3)56-44-54(45-57(46-56)77(4,5)6)62-35-24-34-61(53-25-11-9-12-26-53)75(62)81-51-80(69-39-21-22-40-70(69)81)58-29-23-30-59(47-58)84-60-48-71(82-66-36-18-15-31-63(66)64-32-16-19-37-67(64)82)74-65-33-17-20-38-68(65)83(72(74)49-60)73-43-52(41-42-79-73)50-78(7,8)55-27-13-10-14-28-55/h9-49H,50H2,1-8H3/i9D,11D,12D,15D,16D,18D,19D,25D,26D,31D,32D,36D,37D,50D2. The molecule has 0 spiro atoms. The first-order valence-electron chi connectivity index (χ1n) is 35.5. The van der Waals surface area contributed by atoms with Crippen molar-refractivity contribution in [1.82, 2.24) is 18.7 Å². The van der Waals surface area contributed by atoms with Gasteiger partial charge in [0.25, 0.3) is 6.33 Å². The summed E-state index contributed by atoms with van der Waals surface area (Å²) in [5.74, 6) is 0.793. The second kappa shape index (κ2) is 20.3. The van der Waals surface area contributed by atoms with Gasteiger partial charge in [-0.3, -0.25) is 13.7 Å². The van der Waals surface area contributed by atoms with Gasteiger partial charge in [-0.15, -0.1) is 0 Å². The maximum atomic E-state index is 9.83. The Morgan fingerprint density at radius 1 is 0.500 bits per heavy atom. The third-order valence-electron chi connectivity index (χ3n) is 15.8. The van der Waals surface area contributed by atoms with Crippen LogP contribution in [0.4, 0.5) is 0 Å². The molecule has 0 saturated heterocycles. The number of aromatic nitrogens is 5. The molecule has 4 heterocycles. The average molecular weight is 1110 g/mol. The molecule has 4 aromatic heterocycles. The predicted molar refractivity (Wildman–Crippen MR) is 348 cm³/mol. The zero-order valence-electron chi connectivity index (χ0n) is 62.8. The summed E-state index contributed by atoms with van der Waals surface area (Å²) >= 11 is 0. The summed E-state index contributed by atoms with van der Waals surface area (Å²) in [7, 11) is 0. The van der Waals surface area contributed by atoms with E-state index in [1.165, 1.54) is 4.57 Å². The lowest BCUT2D eigenvalue weighted by Gasteiger charge is -2.27. The highest BCUT2D eigenvalue weighted by Crippen LogP contribution is 2.44. The van der Waals surface area contributed by atoms with E-state index in [4.69, 9.17) is 19.3 Å². The van der Waals surface area contributed by atoms with Crippen LogP contribution in [-0.4, -0.2) is 18.7 Å². The van der Waals surface area contributed by atoms with E-state index in [1.54, 1.807) is 42.6 Å². The third-order valence-corrected chi connectivity index (χ3v) is 15.8. The van der Waals surface area contributed by atoms with Crippen LogP contribution in [0.5, 0.6) is 11.5 Å². The largest absolute Gasteiger partial charge is 0.458 e. The molecule has 14 rings (SSSR count). The molecule has 6 nitrogen and oxygen atoms in total. The first-order chi connectivity index (χ1) is 46.8. The normalized spacial score (nSPS) is 15.0. The summed E-state index contributed by atoms with van der Waals surface area (Å²) in [5.41, 5.74) is 7.07. The minimum atomic E-state index is -1.98. The minimum Gasteiger partial charge on any atom is -0.458 e. The molecule has 0 N–H and O–H groups in total. The summed E-state index contributed by atoms with van der Waals surface area (Å²) < 4.78 is 153. The van der Waals surface area contributed by atoms with Gasteiger partial charge in [-0.05, 0) is 116 Å². The van der Waals surface area contributed by atoms with E-state index in [0.29, 0.717) is 72.5 Å². The summed E-state index contributed by atoms with van der Waals surface area (Å²) in [6.07, 6.45) is 3.24. The van der Waals surface area contributed by atoms with Crippen molar-refractivity contribution < 1.29 is 29.9 Å². The van der Waals surface area contributed by atoms with Crippen LogP contribution in [0.1, 0.15) is 98.2 Å². The maximum absolute atomic E-state index is 9.83. The lowest BCUT2D eigenvalue weighted by molar-refractivity contribution is -0.571. The number of imidazole rings is 1. The first-order valence-corrected chi connectivity index (χ1v) is 28.0. The van der Waals surface area contributed by atoms with E-state index >= 15 is 0 Å². The van der Waals surface area contributed by atoms with Crippen LogP contribution >= 0.6 is 0 Å². The molecule has 0 unspecified atom stereocenters. The molecular weight excluding hydrogens is 1020 g/mol. The molecule has 0 radical (unpaired) electrons. The van der Waals surface area contributed by atoms with Gasteiger partial charge in [0.15, 0.2) is 0 Å². The molecule has 410 valence electrons. The molecule has 0 aliphatic carbocycles. The Morgan fingerprint density at radius 2 is 1.13 bits per heavy atom. The van der Waals surface area contributed by atoms with E-state index in [0.717, 1.165) is 22.3 Å². The second-order valence-electron chi connectivity index (χ2n) is 23.9. The molecule has 0 amide bonds. The lowest BCUT2D eigenvalue weighted by atomic mass is 9.78. The first kappa shape index (κ1) is 38.1. The van der Waals surface area contributed by atoms with Crippen molar-refractivity contribution in [2.45, 2.75) is 78.0 Å². The van der Waals surface area contributed by atoms with Crippen molar-refractivity contribution in [1.29, 1.82) is 0 Å². The number of benzene rings is 10. The summed E-state index contributed by atoms with van der Waals surface area (Å²) in [5, 5.41) is 0.870. The number of hydrogen-bond acceptors (Lipinski definition) is 2. The fraction of sp³-hybridized carbons (Fsp3) is 0.154. The Bertz CT molecular complexity index is 5600. The maximum Gasteiger partial charge on any atom is 0.269 e. The predicted octanol–water partition coefficient (Wildman–Crippen LogP) is 19.5. The Hall–Kier alpha value is -9.78. The van der Waals surface area contributed by atoms with Crippen LogP contribution in [-0.2, 0) is 22.6 Å². The highest BCUT2D eigenvalue weighted by atomic mass is 16.5. The third kappa shape index (κ3) is 9.23.